The molecule has 0 saturated carbocycles. The smallest absolute Gasteiger partial charge is 0.328 e. The zero-order valence-corrected chi connectivity index (χ0v) is 14.7. The molecule has 0 radical (unpaired) electrons. The molecule has 114 valence electrons. The van der Waals surface area contributed by atoms with Gasteiger partial charge in [0.2, 0.25) is 0 Å². The fourth-order valence-corrected chi connectivity index (χ4v) is 3.62. The Morgan fingerprint density at radius 1 is 1.43 bits per heavy atom. The summed E-state index contributed by atoms with van der Waals surface area (Å²) in [5.74, 6) is -0.277. The first-order valence-corrected chi connectivity index (χ1v) is 8.22. The Morgan fingerprint density at radius 3 is 2.62 bits per heavy atom. The zero-order chi connectivity index (χ0) is 15.4. The molecule has 1 saturated heterocycles. The van der Waals surface area contributed by atoms with E-state index in [-0.39, 0.29) is 6.10 Å². The topological polar surface area (TPSA) is 55.8 Å². The number of hydrogen-bond donors (Lipinski definition) is 1. The molecule has 2 unspecified atom stereocenters. The van der Waals surface area contributed by atoms with Crippen molar-refractivity contribution in [2.24, 2.45) is 0 Å². The minimum Gasteiger partial charge on any atom is -0.489 e. The highest BCUT2D eigenvalue weighted by molar-refractivity contribution is 9.11. The molecule has 1 N–H and O–H groups in total. The summed E-state index contributed by atoms with van der Waals surface area (Å²) in [7, 11) is 0. The van der Waals surface area contributed by atoms with Crippen LogP contribution in [0.15, 0.2) is 27.2 Å². The van der Waals surface area contributed by atoms with Crippen molar-refractivity contribution in [1.82, 2.24) is 0 Å². The van der Waals surface area contributed by atoms with Gasteiger partial charge < -0.3 is 14.6 Å². The Balaban J connectivity index is 2.04. The number of rotatable bonds is 5. The highest BCUT2D eigenvalue weighted by Gasteiger charge is 2.23. The Kier molecular flexibility index (Phi) is 5.84. The van der Waals surface area contributed by atoms with E-state index < -0.39 is 5.97 Å². The van der Waals surface area contributed by atoms with E-state index in [0.29, 0.717) is 18.5 Å². The van der Waals surface area contributed by atoms with Crippen molar-refractivity contribution in [3.63, 3.8) is 0 Å². The summed E-state index contributed by atoms with van der Waals surface area (Å²) in [5.41, 5.74) is 0.772. The number of hydrogen-bond acceptors (Lipinski definition) is 3. The molecule has 2 atom stereocenters. The largest absolute Gasteiger partial charge is 0.489 e. The lowest BCUT2D eigenvalue weighted by Gasteiger charge is -2.15. The summed E-state index contributed by atoms with van der Waals surface area (Å²) >= 11 is 6.90. The second-order valence-corrected chi connectivity index (χ2v) is 6.65. The summed E-state index contributed by atoms with van der Waals surface area (Å²) in [6.07, 6.45) is 5.14. The number of carbonyl (C=O) groups is 1. The third kappa shape index (κ3) is 4.83. The van der Waals surface area contributed by atoms with E-state index in [1.807, 2.05) is 12.1 Å². The van der Waals surface area contributed by atoms with Gasteiger partial charge in [0.05, 0.1) is 21.2 Å². The van der Waals surface area contributed by atoms with Crippen LogP contribution >= 0.6 is 31.9 Å². The van der Waals surface area contributed by atoms with E-state index in [1.54, 1.807) is 0 Å². The van der Waals surface area contributed by atoms with Gasteiger partial charge in [-0.15, -0.1) is 0 Å². The van der Waals surface area contributed by atoms with Crippen molar-refractivity contribution in [2.75, 3.05) is 6.61 Å². The number of ether oxygens (including phenoxy) is 2. The fraction of sp³-hybridized carbons (Fsp3) is 0.400. The van der Waals surface area contributed by atoms with Gasteiger partial charge in [0.1, 0.15) is 12.4 Å². The quantitative estimate of drug-likeness (QED) is 0.724. The molecule has 1 aliphatic heterocycles. The zero-order valence-electron chi connectivity index (χ0n) is 11.5. The lowest BCUT2D eigenvalue weighted by Crippen LogP contribution is -2.18. The van der Waals surface area contributed by atoms with E-state index in [4.69, 9.17) is 14.6 Å². The first-order valence-electron chi connectivity index (χ1n) is 6.64. The summed E-state index contributed by atoms with van der Waals surface area (Å²) in [6, 6.07) is 3.63. The first-order chi connectivity index (χ1) is 9.95. The van der Waals surface area contributed by atoms with Crippen LogP contribution in [0.1, 0.15) is 25.3 Å². The molecule has 0 aliphatic carbocycles. The van der Waals surface area contributed by atoms with Crippen LogP contribution < -0.4 is 4.74 Å². The summed E-state index contributed by atoms with van der Waals surface area (Å²) in [6.45, 7) is 2.57. The van der Waals surface area contributed by atoms with Crippen LogP contribution in [0, 0.1) is 0 Å². The normalized spacial score (nSPS) is 21.9. The van der Waals surface area contributed by atoms with Crippen LogP contribution in [0.4, 0.5) is 0 Å². The molecular formula is C15H16Br2O4. The van der Waals surface area contributed by atoms with Gasteiger partial charge in [-0.2, -0.15) is 0 Å². The molecule has 0 aromatic heterocycles. The highest BCUT2D eigenvalue weighted by atomic mass is 79.9. The number of benzene rings is 1. The molecule has 0 amide bonds. The second kappa shape index (κ2) is 7.42. The molecule has 2 rings (SSSR count). The fourth-order valence-electron chi connectivity index (χ4n) is 2.17. The predicted octanol–water partition coefficient (Wildman–Crippen LogP) is 4.26. The summed E-state index contributed by atoms with van der Waals surface area (Å²) in [4.78, 5) is 10.5. The Morgan fingerprint density at radius 2 is 2.10 bits per heavy atom. The standard InChI is InChI=1S/C15H16Br2O4/c1-9-2-4-11(21-9)8-20-15-12(16)6-10(7-13(15)17)3-5-14(18)19/h3,5-7,9,11H,2,4,8H2,1H3,(H,18,19)/b5-3+. The minimum atomic E-state index is -0.977. The van der Waals surface area contributed by atoms with E-state index in [0.717, 1.165) is 33.4 Å². The van der Waals surface area contributed by atoms with Gasteiger partial charge in [-0.05, 0) is 75.4 Å². The van der Waals surface area contributed by atoms with Crippen LogP contribution in [0.5, 0.6) is 5.75 Å². The monoisotopic (exact) mass is 418 g/mol. The minimum absolute atomic E-state index is 0.130. The Labute approximate surface area is 140 Å². The van der Waals surface area contributed by atoms with E-state index in [2.05, 4.69) is 38.8 Å². The van der Waals surface area contributed by atoms with Crippen LogP contribution in [-0.2, 0) is 9.53 Å². The molecule has 0 spiro atoms. The van der Waals surface area contributed by atoms with Crippen LogP contribution in [0.25, 0.3) is 6.08 Å². The van der Waals surface area contributed by atoms with Crippen LogP contribution in [-0.4, -0.2) is 29.9 Å². The molecule has 1 aliphatic rings. The van der Waals surface area contributed by atoms with E-state index in [1.165, 1.54) is 6.08 Å². The van der Waals surface area contributed by atoms with Crippen molar-refractivity contribution >= 4 is 43.9 Å². The van der Waals surface area contributed by atoms with Gasteiger partial charge in [0, 0.05) is 6.08 Å². The Bertz CT molecular complexity index is 534. The van der Waals surface area contributed by atoms with Gasteiger partial charge in [0.25, 0.3) is 0 Å². The van der Waals surface area contributed by atoms with Gasteiger partial charge in [0.15, 0.2) is 0 Å². The number of carboxylic acid groups (broad SMARTS) is 1. The van der Waals surface area contributed by atoms with Crippen molar-refractivity contribution < 1.29 is 19.4 Å². The van der Waals surface area contributed by atoms with E-state index in [9.17, 15) is 4.79 Å². The summed E-state index contributed by atoms with van der Waals surface area (Å²) < 4.78 is 13.1. The highest BCUT2D eigenvalue weighted by Crippen LogP contribution is 2.35. The molecule has 0 bridgehead atoms. The molecule has 1 aromatic carbocycles. The van der Waals surface area contributed by atoms with Gasteiger partial charge in [-0.1, -0.05) is 0 Å². The number of halogens is 2. The molecule has 6 heteroatoms. The molecule has 1 aromatic rings. The third-order valence-corrected chi connectivity index (χ3v) is 4.35. The predicted molar refractivity (Wildman–Crippen MR) is 87.6 cm³/mol. The maximum Gasteiger partial charge on any atom is 0.328 e. The first kappa shape index (κ1) is 16.5. The second-order valence-electron chi connectivity index (χ2n) is 4.94. The number of aliphatic carboxylic acids is 1. The van der Waals surface area contributed by atoms with Crippen LogP contribution in [0.2, 0.25) is 0 Å². The van der Waals surface area contributed by atoms with Crippen molar-refractivity contribution in [2.45, 2.75) is 32.0 Å². The number of carboxylic acids is 1. The van der Waals surface area contributed by atoms with Gasteiger partial charge in [-0.25, -0.2) is 4.79 Å². The van der Waals surface area contributed by atoms with Crippen molar-refractivity contribution in [3.05, 3.63) is 32.7 Å². The SMILES string of the molecule is CC1CCC(COc2c(Br)cc(/C=C/C(=O)O)cc2Br)O1. The average Bonchev–Trinajstić information content (AvgIpc) is 2.81. The van der Waals surface area contributed by atoms with Crippen molar-refractivity contribution in [1.29, 1.82) is 0 Å². The van der Waals surface area contributed by atoms with Crippen LogP contribution in [0.3, 0.4) is 0 Å². The van der Waals surface area contributed by atoms with E-state index >= 15 is 0 Å². The van der Waals surface area contributed by atoms with Gasteiger partial charge in [-0.3, -0.25) is 0 Å². The third-order valence-electron chi connectivity index (χ3n) is 3.17. The Hall–Kier alpha value is -0.850. The average molecular weight is 420 g/mol. The van der Waals surface area contributed by atoms with Crippen molar-refractivity contribution in [3.8, 4) is 5.75 Å². The summed E-state index contributed by atoms with van der Waals surface area (Å²) in [5, 5.41) is 8.65. The maximum atomic E-state index is 10.5. The molecule has 4 nitrogen and oxygen atoms in total. The van der Waals surface area contributed by atoms with Gasteiger partial charge >= 0.3 is 5.97 Å². The molecular weight excluding hydrogens is 404 g/mol. The molecule has 21 heavy (non-hydrogen) atoms. The molecule has 1 heterocycles. The maximum absolute atomic E-state index is 10.5. The lowest BCUT2D eigenvalue weighted by molar-refractivity contribution is -0.131. The lowest BCUT2D eigenvalue weighted by atomic mass is 10.2. The molecule has 1 fully saturated rings.